The molecule has 0 spiro atoms. The molecule has 2 aromatic rings. The Balaban J connectivity index is 1.73. The zero-order valence-corrected chi connectivity index (χ0v) is 15.4. The van der Waals surface area contributed by atoms with Crippen molar-refractivity contribution >= 4 is 21.8 Å². The van der Waals surface area contributed by atoms with Crippen LogP contribution in [0.3, 0.4) is 0 Å². The quantitative estimate of drug-likeness (QED) is 0.579. The molecule has 0 aliphatic carbocycles. The molecule has 7 nitrogen and oxygen atoms in total. The third-order valence-corrected chi connectivity index (χ3v) is 5.62. The summed E-state index contributed by atoms with van der Waals surface area (Å²) in [6.45, 7) is 2.05. The Hall–Kier alpha value is -2.23. The summed E-state index contributed by atoms with van der Waals surface area (Å²) in [6.07, 6.45) is 2.22. The lowest BCUT2D eigenvalue weighted by Crippen LogP contribution is -2.62. The van der Waals surface area contributed by atoms with Crippen molar-refractivity contribution in [1.82, 2.24) is 15.8 Å². The lowest BCUT2D eigenvalue weighted by Gasteiger charge is -2.49. The molecule has 1 aromatic heterocycles. The van der Waals surface area contributed by atoms with Gasteiger partial charge < -0.3 is 9.84 Å². The summed E-state index contributed by atoms with van der Waals surface area (Å²) >= 11 is 3.54. The van der Waals surface area contributed by atoms with Crippen LogP contribution in [0.1, 0.15) is 30.7 Å². The van der Waals surface area contributed by atoms with E-state index < -0.39 is 10.5 Å². The number of halogens is 2. The summed E-state index contributed by atoms with van der Waals surface area (Å²) in [5, 5.41) is 16.4. The Kier molecular flexibility index (Phi) is 4.09. The van der Waals surface area contributed by atoms with E-state index in [-0.39, 0.29) is 23.9 Å². The van der Waals surface area contributed by atoms with Crippen molar-refractivity contribution in [1.29, 1.82) is 0 Å². The number of rotatable bonds is 3. The molecule has 2 aliphatic rings. The molecular weight excluding hydrogens is 407 g/mol. The van der Waals surface area contributed by atoms with Crippen LogP contribution in [0.4, 0.5) is 10.3 Å². The summed E-state index contributed by atoms with van der Waals surface area (Å²) in [4.78, 5) is 10.4. The minimum atomic E-state index is -0.551. The van der Waals surface area contributed by atoms with E-state index in [9.17, 15) is 14.5 Å². The van der Waals surface area contributed by atoms with Gasteiger partial charge >= 0.3 is 5.88 Å². The normalized spacial score (nSPS) is 28.3. The predicted molar refractivity (Wildman–Crippen MR) is 95.4 cm³/mol. The van der Waals surface area contributed by atoms with Crippen molar-refractivity contribution in [2.75, 3.05) is 0 Å². The van der Waals surface area contributed by atoms with Gasteiger partial charge in [-0.05, 0) is 37.1 Å². The van der Waals surface area contributed by atoms with Gasteiger partial charge in [-0.3, -0.25) is 15.4 Å². The highest BCUT2D eigenvalue weighted by molar-refractivity contribution is 9.11. The summed E-state index contributed by atoms with van der Waals surface area (Å²) in [7, 11) is 0. The van der Waals surface area contributed by atoms with Gasteiger partial charge in [-0.25, -0.2) is 4.39 Å². The van der Waals surface area contributed by atoms with Crippen molar-refractivity contribution in [3.8, 4) is 0 Å². The summed E-state index contributed by atoms with van der Waals surface area (Å²) in [6, 6.07) is 9.11. The largest absolute Gasteiger partial charge is 0.433 e. The lowest BCUT2D eigenvalue weighted by atomic mass is 9.82. The van der Waals surface area contributed by atoms with Crippen molar-refractivity contribution < 1.29 is 13.7 Å². The number of nitro groups is 1. The molecule has 0 radical (unpaired) electrons. The molecule has 0 amide bonds. The number of hydrogen-bond acceptors (Lipinski definition) is 6. The zero-order valence-electron chi connectivity index (χ0n) is 13.8. The first kappa shape index (κ1) is 17.2. The molecule has 3 atom stereocenters. The van der Waals surface area contributed by atoms with Crippen molar-refractivity contribution in [2.45, 2.75) is 31.1 Å². The number of hydrazine groups is 1. The molecule has 3 heterocycles. The van der Waals surface area contributed by atoms with Gasteiger partial charge in [0.25, 0.3) is 0 Å². The van der Waals surface area contributed by atoms with Gasteiger partial charge in [0.05, 0.1) is 17.6 Å². The van der Waals surface area contributed by atoms with Crippen LogP contribution >= 0.6 is 15.9 Å². The van der Waals surface area contributed by atoms with Gasteiger partial charge in [0.15, 0.2) is 0 Å². The first-order valence-corrected chi connectivity index (χ1v) is 8.85. The van der Waals surface area contributed by atoms with Crippen LogP contribution in [-0.2, 0) is 5.54 Å². The number of nitrogens with zero attached hydrogens (tertiary/aromatic N) is 2. The highest BCUT2D eigenvalue weighted by Crippen LogP contribution is 2.45. The maximum absolute atomic E-state index is 13.4. The third-order valence-electron chi connectivity index (χ3n) is 4.96. The summed E-state index contributed by atoms with van der Waals surface area (Å²) < 4.78 is 19.7. The van der Waals surface area contributed by atoms with Crippen molar-refractivity contribution in [3.05, 3.63) is 74.3 Å². The fourth-order valence-electron chi connectivity index (χ4n) is 3.61. The first-order valence-electron chi connectivity index (χ1n) is 8.06. The molecule has 2 aliphatic heterocycles. The van der Waals surface area contributed by atoms with Crippen LogP contribution < -0.4 is 10.7 Å². The van der Waals surface area contributed by atoms with E-state index in [4.69, 9.17) is 4.42 Å². The Morgan fingerprint density at radius 2 is 2.08 bits per heavy atom. The zero-order chi connectivity index (χ0) is 18.5. The van der Waals surface area contributed by atoms with Crippen LogP contribution in [0.25, 0.3) is 0 Å². The monoisotopic (exact) mass is 422 g/mol. The second-order valence-corrected chi connectivity index (χ2v) is 7.48. The van der Waals surface area contributed by atoms with Crippen LogP contribution in [-0.4, -0.2) is 16.1 Å². The van der Waals surface area contributed by atoms with E-state index in [1.807, 2.05) is 18.1 Å². The molecular formula is C17H16BrFN4O3. The third kappa shape index (κ3) is 2.72. The average molecular weight is 423 g/mol. The highest BCUT2D eigenvalue weighted by atomic mass is 79.9. The summed E-state index contributed by atoms with van der Waals surface area (Å²) in [5.74, 6) is -0.0847. The van der Waals surface area contributed by atoms with Crippen LogP contribution in [0.2, 0.25) is 0 Å². The minimum Gasteiger partial charge on any atom is -0.404 e. The van der Waals surface area contributed by atoms with Gasteiger partial charge in [0, 0.05) is 10.7 Å². The SMILES string of the molecule is CC1(c2ccc(F)cc2)CC(c2ccc([N+](=O)[O-])o2)NC2C(Br)=CNN21. The number of fused-ring (bicyclic) bond motifs is 1. The molecule has 1 fully saturated rings. The Bertz CT molecular complexity index is 884. The average Bonchev–Trinajstić information content (AvgIpc) is 3.23. The van der Waals surface area contributed by atoms with Gasteiger partial charge in [-0.2, -0.15) is 5.01 Å². The van der Waals surface area contributed by atoms with E-state index in [2.05, 4.69) is 26.7 Å². The lowest BCUT2D eigenvalue weighted by molar-refractivity contribution is -0.402. The van der Waals surface area contributed by atoms with Crippen LogP contribution in [0.15, 0.2) is 51.5 Å². The number of hydrogen-bond donors (Lipinski definition) is 2. The van der Waals surface area contributed by atoms with E-state index in [1.54, 1.807) is 18.2 Å². The fourth-order valence-corrected chi connectivity index (χ4v) is 4.05. The molecule has 2 N–H and O–H groups in total. The maximum atomic E-state index is 13.4. The fraction of sp³-hybridized carbons (Fsp3) is 0.294. The first-order chi connectivity index (χ1) is 12.4. The second kappa shape index (κ2) is 6.19. The van der Waals surface area contributed by atoms with E-state index in [0.29, 0.717) is 12.2 Å². The number of benzene rings is 1. The minimum absolute atomic E-state index is 0.187. The Labute approximate surface area is 157 Å². The molecule has 136 valence electrons. The molecule has 0 bridgehead atoms. The summed E-state index contributed by atoms with van der Waals surface area (Å²) in [5.41, 5.74) is 3.67. The van der Waals surface area contributed by atoms with Crippen molar-refractivity contribution in [2.24, 2.45) is 0 Å². The van der Waals surface area contributed by atoms with E-state index in [1.165, 1.54) is 18.2 Å². The topological polar surface area (TPSA) is 83.6 Å². The maximum Gasteiger partial charge on any atom is 0.433 e. The Morgan fingerprint density at radius 1 is 1.35 bits per heavy atom. The molecule has 9 heteroatoms. The van der Waals surface area contributed by atoms with Gasteiger partial charge in [-0.1, -0.05) is 28.1 Å². The second-order valence-electron chi connectivity index (χ2n) is 6.57. The predicted octanol–water partition coefficient (Wildman–Crippen LogP) is 3.66. The van der Waals surface area contributed by atoms with Crippen molar-refractivity contribution in [3.63, 3.8) is 0 Å². The molecule has 26 heavy (non-hydrogen) atoms. The molecule has 3 unspecified atom stereocenters. The molecule has 4 rings (SSSR count). The molecule has 0 saturated carbocycles. The van der Waals surface area contributed by atoms with E-state index in [0.717, 1.165) is 10.0 Å². The molecule has 1 saturated heterocycles. The molecule has 1 aromatic carbocycles. The highest BCUT2D eigenvalue weighted by Gasteiger charge is 2.49. The van der Waals surface area contributed by atoms with Gasteiger partial charge in [-0.15, -0.1) is 0 Å². The van der Waals surface area contributed by atoms with Gasteiger partial charge in [0.1, 0.15) is 22.7 Å². The smallest absolute Gasteiger partial charge is 0.404 e. The standard InChI is InChI=1S/C17H16BrFN4O3/c1-17(10-2-4-11(19)5-3-10)8-13(14-6-7-15(26-14)23(24)25)21-16-12(18)9-20-22(16)17/h2-7,9,13,16,20-21H,8H2,1H3. The Morgan fingerprint density at radius 3 is 2.73 bits per heavy atom. The van der Waals surface area contributed by atoms with Gasteiger partial charge in [0.2, 0.25) is 0 Å². The number of furan rings is 1. The van der Waals surface area contributed by atoms with Crippen LogP contribution in [0.5, 0.6) is 0 Å². The van der Waals surface area contributed by atoms with E-state index >= 15 is 0 Å². The van der Waals surface area contributed by atoms with Crippen LogP contribution in [0, 0.1) is 15.9 Å². The number of nitrogens with one attached hydrogen (secondary N) is 2.